The number of aromatic nitrogens is 2. The topological polar surface area (TPSA) is 21.1 Å². The lowest BCUT2D eigenvalue weighted by Gasteiger charge is -2.28. The zero-order valence-electron chi connectivity index (χ0n) is 28.6. The SMILES string of the molecule is CC1(C)c2ccccc2-c2ccc(N(c3ccccc3)c3ccc(-c4ccc5c(c4)c4c6ccccc6ccc4n5-c4ccccn4)cc3)cc21. The van der Waals surface area contributed by atoms with Crippen molar-refractivity contribution in [3.63, 3.8) is 0 Å². The molecule has 0 spiro atoms. The molecule has 1 aliphatic carbocycles. The summed E-state index contributed by atoms with van der Waals surface area (Å²) >= 11 is 0. The molecule has 2 heterocycles. The highest BCUT2D eigenvalue weighted by Gasteiger charge is 2.35. The molecule has 0 fully saturated rings. The molecular formula is C48H35N3. The van der Waals surface area contributed by atoms with Gasteiger partial charge in [-0.15, -0.1) is 0 Å². The number of benzene rings is 7. The minimum Gasteiger partial charge on any atom is -0.310 e. The first-order valence-corrected chi connectivity index (χ1v) is 17.6. The minimum absolute atomic E-state index is 0.0716. The van der Waals surface area contributed by atoms with Gasteiger partial charge >= 0.3 is 0 Å². The fourth-order valence-electron chi connectivity index (χ4n) is 8.36. The van der Waals surface area contributed by atoms with Crippen LogP contribution in [0.2, 0.25) is 0 Å². The highest BCUT2D eigenvalue weighted by molar-refractivity contribution is 6.21. The van der Waals surface area contributed by atoms with Crippen LogP contribution in [0.1, 0.15) is 25.0 Å². The maximum Gasteiger partial charge on any atom is 0.137 e. The Morgan fingerprint density at radius 2 is 1.18 bits per heavy atom. The molecule has 0 aliphatic heterocycles. The zero-order chi connectivity index (χ0) is 34.1. The van der Waals surface area contributed by atoms with Gasteiger partial charge in [-0.2, -0.15) is 0 Å². The van der Waals surface area contributed by atoms with E-state index >= 15 is 0 Å². The molecule has 9 aromatic rings. The van der Waals surface area contributed by atoms with Crippen molar-refractivity contribution in [2.75, 3.05) is 4.90 Å². The van der Waals surface area contributed by atoms with E-state index in [2.05, 4.69) is 187 Å². The standard InChI is InChI=1S/C48H35N3/c1-48(2)42-17-9-8-16-39(42)40-26-25-37(31-43(40)48)50(35-13-4-3-5-14-35)36-23-19-32(20-24-36)34-22-27-44-41(30-34)47-38-15-7-6-12-33(38)21-28-45(47)51(44)46-18-10-11-29-49-46/h3-31H,1-2H3. The Balaban J connectivity index is 1.10. The lowest BCUT2D eigenvalue weighted by molar-refractivity contribution is 0.660. The Kier molecular flexibility index (Phi) is 6.53. The molecule has 0 atom stereocenters. The molecule has 2 aromatic heterocycles. The van der Waals surface area contributed by atoms with Gasteiger partial charge in [0.2, 0.25) is 0 Å². The lowest BCUT2D eigenvalue weighted by atomic mass is 9.82. The van der Waals surface area contributed by atoms with Crippen LogP contribution in [0.3, 0.4) is 0 Å². The van der Waals surface area contributed by atoms with E-state index < -0.39 is 0 Å². The first-order valence-electron chi connectivity index (χ1n) is 17.6. The van der Waals surface area contributed by atoms with Gasteiger partial charge in [0.1, 0.15) is 5.82 Å². The van der Waals surface area contributed by atoms with E-state index in [9.17, 15) is 0 Å². The molecule has 7 aromatic carbocycles. The van der Waals surface area contributed by atoms with Crippen LogP contribution in [0.15, 0.2) is 176 Å². The molecule has 10 rings (SSSR count). The Morgan fingerprint density at radius 3 is 2.02 bits per heavy atom. The Labute approximate surface area is 297 Å². The number of nitrogens with zero attached hydrogens (tertiary/aromatic N) is 3. The molecule has 0 N–H and O–H groups in total. The van der Waals surface area contributed by atoms with Gasteiger partial charge in [-0.25, -0.2) is 4.98 Å². The van der Waals surface area contributed by atoms with Crippen LogP contribution in [0.25, 0.3) is 60.6 Å². The molecule has 0 amide bonds. The first kappa shape index (κ1) is 29.5. The number of anilines is 3. The monoisotopic (exact) mass is 653 g/mol. The van der Waals surface area contributed by atoms with Gasteiger partial charge < -0.3 is 4.90 Å². The first-order chi connectivity index (χ1) is 25.1. The van der Waals surface area contributed by atoms with Crippen molar-refractivity contribution in [2.24, 2.45) is 0 Å². The number of fused-ring (bicyclic) bond motifs is 8. The van der Waals surface area contributed by atoms with Crippen molar-refractivity contribution in [3.8, 4) is 28.1 Å². The Hall–Kier alpha value is -6.45. The van der Waals surface area contributed by atoms with Gasteiger partial charge in [-0.3, -0.25) is 4.57 Å². The minimum atomic E-state index is -0.0716. The maximum absolute atomic E-state index is 4.75. The van der Waals surface area contributed by atoms with Crippen LogP contribution < -0.4 is 4.90 Å². The third-order valence-corrected chi connectivity index (χ3v) is 10.8. The third-order valence-electron chi connectivity index (χ3n) is 10.8. The van der Waals surface area contributed by atoms with E-state index in [1.165, 1.54) is 54.9 Å². The van der Waals surface area contributed by atoms with Crippen molar-refractivity contribution in [2.45, 2.75) is 19.3 Å². The third kappa shape index (κ3) is 4.55. The summed E-state index contributed by atoms with van der Waals surface area (Å²) in [5.41, 5.74) is 13.4. The molecule has 0 saturated heterocycles. The van der Waals surface area contributed by atoms with Crippen molar-refractivity contribution in [1.82, 2.24) is 9.55 Å². The predicted molar refractivity (Wildman–Crippen MR) is 214 cm³/mol. The van der Waals surface area contributed by atoms with Crippen LogP contribution in [0.4, 0.5) is 17.1 Å². The number of para-hydroxylation sites is 1. The van der Waals surface area contributed by atoms with Crippen molar-refractivity contribution >= 4 is 49.6 Å². The van der Waals surface area contributed by atoms with Crippen LogP contribution in [0.5, 0.6) is 0 Å². The van der Waals surface area contributed by atoms with Crippen LogP contribution in [0, 0.1) is 0 Å². The van der Waals surface area contributed by atoms with Gasteiger partial charge in [0.05, 0.1) is 11.0 Å². The molecule has 3 heteroatoms. The van der Waals surface area contributed by atoms with E-state index in [0.717, 1.165) is 33.9 Å². The Bertz CT molecular complexity index is 2760. The molecule has 0 unspecified atom stereocenters. The van der Waals surface area contributed by atoms with Gasteiger partial charge in [0.25, 0.3) is 0 Å². The smallest absolute Gasteiger partial charge is 0.137 e. The fraction of sp³-hybridized carbons (Fsp3) is 0.0625. The van der Waals surface area contributed by atoms with Crippen molar-refractivity contribution in [1.29, 1.82) is 0 Å². The average Bonchev–Trinajstić information content (AvgIpc) is 3.64. The summed E-state index contributed by atoms with van der Waals surface area (Å²) in [6.45, 7) is 4.69. The van der Waals surface area contributed by atoms with Gasteiger partial charge in [-0.05, 0) is 111 Å². The van der Waals surface area contributed by atoms with E-state index in [1.807, 2.05) is 12.3 Å². The highest BCUT2D eigenvalue weighted by Crippen LogP contribution is 2.50. The second kappa shape index (κ2) is 11.3. The van der Waals surface area contributed by atoms with Gasteiger partial charge in [0.15, 0.2) is 0 Å². The van der Waals surface area contributed by atoms with Crippen LogP contribution in [-0.2, 0) is 5.41 Å². The van der Waals surface area contributed by atoms with Crippen LogP contribution >= 0.6 is 0 Å². The summed E-state index contributed by atoms with van der Waals surface area (Å²) < 4.78 is 2.29. The fourth-order valence-corrected chi connectivity index (χ4v) is 8.36. The van der Waals surface area contributed by atoms with E-state index in [-0.39, 0.29) is 5.41 Å². The molecule has 51 heavy (non-hydrogen) atoms. The predicted octanol–water partition coefficient (Wildman–Crippen LogP) is 12.8. The molecule has 0 radical (unpaired) electrons. The van der Waals surface area contributed by atoms with E-state index in [4.69, 9.17) is 4.98 Å². The number of pyridine rings is 1. The average molecular weight is 654 g/mol. The van der Waals surface area contributed by atoms with Crippen molar-refractivity contribution in [3.05, 3.63) is 187 Å². The quantitative estimate of drug-likeness (QED) is 0.184. The normalized spacial score (nSPS) is 13.1. The number of hydrogen-bond donors (Lipinski definition) is 0. The number of rotatable bonds is 5. The largest absolute Gasteiger partial charge is 0.310 e. The van der Waals surface area contributed by atoms with Crippen LogP contribution in [-0.4, -0.2) is 9.55 Å². The number of hydrogen-bond acceptors (Lipinski definition) is 2. The van der Waals surface area contributed by atoms with E-state index in [1.54, 1.807) is 0 Å². The second-order valence-corrected chi connectivity index (χ2v) is 14.1. The van der Waals surface area contributed by atoms with Gasteiger partial charge in [-0.1, -0.05) is 117 Å². The summed E-state index contributed by atoms with van der Waals surface area (Å²) in [5.74, 6) is 0.921. The summed E-state index contributed by atoms with van der Waals surface area (Å²) in [6, 6.07) is 61.6. The summed E-state index contributed by atoms with van der Waals surface area (Å²) in [4.78, 5) is 7.13. The molecule has 3 nitrogen and oxygen atoms in total. The summed E-state index contributed by atoms with van der Waals surface area (Å²) in [7, 11) is 0. The zero-order valence-corrected chi connectivity index (χ0v) is 28.6. The maximum atomic E-state index is 4.75. The molecule has 0 saturated carbocycles. The molecule has 242 valence electrons. The summed E-state index contributed by atoms with van der Waals surface area (Å²) in [5, 5.41) is 4.96. The molecule has 1 aliphatic rings. The second-order valence-electron chi connectivity index (χ2n) is 14.1. The Morgan fingerprint density at radius 1 is 0.490 bits per heavy atom. The molecule has 0 bridgehead atoms. The molecular weight excluding hydrogens is 619 g/mol. The summed E-state index contributed by atoms with van der Waals surface area (Å²) in [6.07, 6.45) is 1.87. The highest BCUT2D eigenvalue weighted by atomic mass is 15.1. The van der Waals surface area contributed by atoms with Crippen molar-refractivity contribution < 1.29 is 0 Å². The van der Waals surface area contributed by atoms with E-state index in [0.29, 0.717) is 0 Å². The lowest BCUT2D eigenvalue weighted by Crippen LogP contribution is -2.16. The van der Waals surface area contributed by atoms with Gasteiger partial charge in [0, 0.05) is 39.4 Å².